The van der Waals surface area contributed by atoms with Crippen molar-refractivity contribution < 1.29 is 14.9 Å². The molecule has 0 aromatic rings. The number of hydrogen-bond donors (Lipinski definition) is 2. The highest BCUT2D eigenvalue weighted by Gasteiger charge is 2.32. The summed E-state index contributed by atoms with van der Waals surface area (Å²) in [6.07, 6.45) is 1.94. The van der Waals surface area contributed by atoms with Gasteiger partial charge in [0, 0.05) is 26.2 Å². The highest BCUT2D eigenvalue weighted by Crippen LogP contribution is 2.26. The third-order valence-electron chi connectivity index (χ3n) is 3.65. The molecule has 0 aromatic carbocycles. The lowest BCUT2D eigenvalue weighted by Gasteiger charge is -2.48. The van der Waals surface area contributed by atoms with Crippen molar-refractivity contribution in [3.05, 3.63) is 0 Å². The van der Waals surface area contributed by atoms with Gasteiger partial charge in [-0.05, 0) is 25.7 Å². The van der Waals surface area contributed by atoms with E-state index < -0.39 is 6.10 Å². The summed E-state index contributed by atoms with van der Waals surface area (Å²) in [5, 5.41) is 23.1. The Kier molecular flexibility index (Phi) is 4.76. The van der Waals surface area contributed by atoms with Gasteiger partial charge < -0.3 is 14.9 Å². The molecular weight excluding hydrogens is 220 g/mol. The van der Waals surface area contributed by atoms with Crippen LogP contribution in [0.5, 0.6) is 0 Å². The maximum absolute atomic E-state index is 9.29. The van der Waals surface area contributed by atoms with E-state index >= 15 is 0 Å². The molecule has 2 unspecified atom stereocenters. The van der Waals surface area contributed by atoms with Crippen molar-refractivity contribution >= 4 is 0 Å². The van der Waals surface area contributed by atoms with Gasteiger partial charge in [-0.25, -0.2) is 10.0 Å². The molecule has 0 aromatic heterocycles. The van der Waals surface area contributed by atoms with Gasteiger partial charge in [-0.2, -0.15) is 0 Å². The van der Waals surface area contributed by atoms with Gasteiger partial charge in [0.05, 0.1) is 25.4 Å². The minimum Gasteiger partial charge on any atom is -0.394 e. The lowest BCUT2D eigenvalue weighted by atomic mass is 9.94. The Balaban J connectivity index is 1.78. The van der Waals surface area contributed by atoms with Gasteiger partial charge in [-0.3, -0.25) is 0 Å². The van der Waals surface area contributed by atoms with Crippen LogP contribution in [0.3, 0.4) is 0 Å². The Morgan fingerprint density at radius 2 is 2.06 bits per heavy atom. The average molecular weight is 244 g/mol. The van der Waals surface area contributed by atoms with E-state index in [9.17, 15) is 10.2 Å². The van der Waals surface area contributed by atoms with Crippen molar-refractivity contribution in [1.29, 1.82) is 0 Å². The molecule has 0 spiro atoms. The maximum Gasteiger partial charge on any atom is 0.0947 e. The van der Waals surface area contributed by atoms with E-state index in [0.29, 0.717) is 6.61 Å². The molecule has 2 bridgehead atoms. The Morgan fingerprint density at radius 1 is 1.35 bits per heavy atom. The molecule has 3 saturated heterocycles. The van der Waals surface area contributed by atoms with Crippen molar-refractivity contribution in [1.82, 2.24) is 10.0 Å². The van der Waals surface area contributed by atoms with Gasteiger partial charge in [0.1, 0.15) is 0 Å². The van der Waals surface area contributed by atoms with Crippen molar-refractivity contribution in [2.45, 2.75) is 32.0 Å². The van der Waals surface area contributed by atoms with Gasteiger partial charge in [-0.15, -0.1) is 0 Å². The normalized spacial score (nSPS) is 32.6. The summed E-state index contributed by atoms with van der Waals surface area (Å²) < 4.78 is 5.49. The number of aliphatic hydroxyl groups excluding tert-OH is 2. The number of aliphatic hydroxyl groups is 2. The molecule has 100 valence electrons. The van der Waals surface area contributed by atoms with Crippen LogP contribution in [-0.2, 0) is 4.74 Å². The zero-order valence-corrected chi connectivity index (χ0v) is 10.6. The van der Waals surface area contributed by atoms with Crippen molar-refractivity contribution in [2.24, 2.45) is 5.92 Å². The molecule has 5 heteroatoms. The first kappa shape index (κ1) is 13.2. The Labute approximate surface area is 103 Å². The van der Waals surface area contributed by atoms with Crippen molar-refractivity contribution in [3.8, 4) is 0 Å². The first-order valence-electron chi connectivity index (χ1n) is 6.59. The number of ether oxygens (including phenoxy) is 1. The molecule has 3 heterocycles. The zero-order chi connectivity index (χ0) is 12.3. The second-order valence-electron chi connectivity index (χ2n) is 5.26. The second-order valence-corrected chi connectivity index (χ2v) is 5.26. The molecule has 0 radical (unpaired) electrons. The summed E-state index contributed by atoms with van der Waals surface area (Å²) in [7, 11) is 0. The lowest BCUT2D eigenvalue weighted by Crippen LogP contribution is -2.58. The Bertz CT molecular complexity index is 230. The van der Waals surface area contributed by atoms with E-state index in [1.165, 1.54) is 12.8 Å². The minimum absolute atomic E-state index is 0.0156. The first-order chi connectivity index (χ1) is 8.19. The smallest absolute Gasteiger partial charge is 0.0947 e. The third-order valence-corrected chi connectivity index (χ3v) is 3.65. The summed E-state index contributed by atoms with van der Waals surface area (Å²) >= 11 is 0. The largest absolute Gasteiger partial charge is 0.394 e. The van der Waals surface area contributed by atoms with Crippen LogP contribution in [0.1, 0.15) is 19.8 Å². The highest BCUT2D eigenvalue weighted by atomic mass is 16.5. The summed E-state index contributed by atoms with van der Waals surface area (Å²) in [4.78, 5) is 0. The minimum atomic E-state index is -0.470. The molecule has 17 heavy (non-hydrogen) atoms. The fraction of sp³-hybridized carbons (Fsp3) is 1.00. The second kappa shape index (κ2) is 6.11. The van der Waals surface area contributed by atoms with Crippen LogP contribution in [0.2, 0.25) is 0 Å². The van der Waals surface area contributed by atoms with Crippen LogP contribution < -0.4 is 0 Å². The van der Waals surface area contributed by atoms with Gasteiger partial charge >= 0.3 is 0 Å². The van der Waals surface area contributed by atoms with Crippen LogP contribution in [0.15, 0.2) is 0 Å². The van der Waals surface area contributed by atoms with Crippen LogP contribution in [-0.4, -0.2) is 71.8 Å². The number of piperidine rings is 1. The fourth-order valence-electron chi connectivity index (χ4n) is 2.66. The summed E-state index contributed by atoms with van der Waals surface area (Å²) in [5.74, 6) is 0.816. The number of hydrazine groups is 1. The fourth-order valence-corrected chi connectivity index (χ4v) is 2.66. The molecule has 2 atom stereocenters. The van der Waals surface area contributed by atoms with Crippen LogP contribution in [0.4, 0.5) is 0 Å². The van der Waals surface area contributed by atoms with Gasteiger partial charge in [0.2, 0.25) is 0 Å². The molecule has 0 aliphatic carbocycles. The van der Waals surface area contributed by atoms with Crippen molar-refractivity contribution in [2.75, 3.05) is 39.4 Å². The predicted molar refractivity (Wildman–Crippen MR) is 64.4 cm³/mol. The number of nitrogens with zero attached hydrogens (tertiary/aromatic N) is 2. The van der Waals surface area contributed by atoms with Crippen molar-refractivity contribution in [3.63, 3.8) is 0 Å². The average Bonchev–Trinajstić information content (AvgIpc) is 2.35. The molecule has 0 saturated carbocycles. The number of hydrogen-bond acceptors (Lipinski definition) is 5. The third kappa shape index (κ3) is 3.63. The molecule has 2 N–H and O–H groups in total. The topological polar surface area (TPSA) is 56.2 Å². The maximum atomic E-state index is 9.29. The van der Waals surface area contributed by atoms with E-state index in [4.69, 9.17) is 4.74 Å². The van der Waals surface area contributed by atoms with E-state index in [2.05, 4.69) is 10.0 Å². The van der Waals surface area contributed by atoms with E-state index in [1.54, 1.807) is 6.92 Å². The number of rotatable bonds is 6. The molecule has 5 nitrogen and oxygen atoms in total. The van der Waals surface area contributed by atoms with Crippen LogP contribution in [0.25, 0.3) is 0 Å². The van der Waals surface area contributed by atoms with Crippen LogP contribution >= 0.6 is 0 Å². The first-order valence-corrected chi connectivity index (χ1v) is 6.59. The van der Waals surface area contributed by atoms with E-state index in [0.717, 1.165) is 32.1 Å². The van der Waals surface area contributed by atoms with Gasteiger partial charge in [0.15, 0.2) is 0 Å². The van der Waals surface area contributed by atoms with Gasteiger partial charge in [0.25, 0.3) is 0 Å². The standard InChI is InChI=1S/C12H24N2O3/c1-10(16)9-17-12(8-15)7-14-6-11-2-4-13(14)5-3-11/h10-12,15-16H,2-9H2,1H3. The summed E-state index contributed by atoms with van der Waals surface area (Å²) in [6.45, 7) is 6.11. The molecule has 0 amide bonds. The van der Waals surface area contributed by atoms with Crippen LogP contribution in [0, 0.1) is 5.92 Å². The lowest BCUT2D eigenvalue weighted by molar-refractivity contribution is -0.141. The Hall–Kier alpha value is -0.200. The quantitative estimate of drug-likeness (QED) is 0.671. The predicted octanol–water partition coefficient (Wildman–Crippen LogP) is -0.313. The van der Waals surface area contributed by atoms with Gasteiger partial charge in [-0.1, -0.05) is 0 Å². The Morgan fingerprint density at radius 3 is 2.53 bits per heavy atom. The monoisotopic (exact) mass is 244 g/mol. The summed E-state index contributed by atoms with van der Waals surface area (Å²) in [5.41, 5.74) is 0. The number of fused-ring (bicyclic) bond motifs is 3. The summed E-state index contributed by atoms with van der Waals surface area (Å²) in [6, 6.07) is 0. The zero-order valence-electron chi connectivity index (χ0n) is 10.6. The highest BCUT2D eigenvalue weighted by molar-refractivity contribution is 4.81. The molecule has 3 aliphatic rings. The van der Waals surface area contributed by atoms with E-state index in [1.807, 2.05) is 0 Å². The molecule has 3 aliphatic heterocycles. The SMILES string of the molecule is CC(O)COC(CO)CN1CC2CCN1CC2. The van der Waals surface area contributed by atoms with E-state index in [-0.39, 0.29) is 12.7 Å². The molecule has 3 fully saturated rings. The molecular formula is C12H24N2O3. The molecule has 3 rings (SSSR count).